The van der Waals surface area contributed by atoms with Crippen LogP contribution in [0.15, 0.2) is 85.1 Å². The van der Waals surface area contributed by atoms with Crippen LogP contribution in [0.3, 0.4) is 0 Å². The van der Waals surface area contributed by atoms with Crippen LogP contribution in [-0.2, 0) is 6.54 Å². The maximum Gasteiger partial charge on any atom is 0.195 e. The van der Waals surface area contributed by atoms with Gasteiger partial charge in [-0.05, 0) is 18.2 Å². The largest absolute Gasteiger partial charge is 0.490 e. The lowest BCUT2D eigenvalue weighted by Gasteiger charge is -2.09. The first kappa shape index (κ1) is 17.4. The molecule has 134 valence electrons. The van der Waals surface area contributed by atoms with E-state index in [-0.39, 0.29) is 5.78 Å². The molecule has 4 aromatic rings. The van der Waals surface area contributed by atoms with Crippen LogP contribution in [0.1, 0.15) is 15.9 Å². The quantitative estimate of drug-likeness (QED) is 0.410. The molecule has 0 saturated heterocycles. The zero-order valence-corrected chi connectivity index (χ0v) is 15.4. The minimum Gasteiger partial charge on any atom is -0.490 e. The predicted molar refractivity (Wildman–Crippen MR) is 109 cm³/mol. The fourth-order valence-corrected chi connectivity index (χ4v) is 3.36. The first-order valence-corrected chi connectivity index (χ1v) is 9.17. The molecule has 0 aliphatic rings. The van der Waals surface area contributed by atoms with Crippen LogP contribution in [0.5, 0.6) is 5.75 Å². The summed E-state index contributed by atoms with van der Waals surface area (Å²) in [5, 5.41) is 1.54. The number of carbonyl (C=O) groups is 1. The lowest BCUT2D eigenvalue weighted by atomic mass is 10.0. The zero-order valence-electron chi connectivity index (χ0n) is 14.6. The van der Waals surface area contributed by atoms with Crippen molar-refractivity contribution in [3.05, 3.63) is 101 Å². The Kier molecular flexibility index (Phi) is 4.95. The van der Waals surface area contributed by atoms with E-state index < -0.39 is 0 Å². The van der Waals surface area contributed by atoms with Gasteiger partial charge in [0.2, 0.25) is 0 Å². The van der Waals surface area contributed by atoms with Gasteiger partial charge < -0.3 is 9.30 Å². The number of para-hydroxylation sites is 2. The molecule has 0 fully saturated rings. The molecule has 0 aliphatic heterocycles. The lowest BCUT2D eigenvalue weighted by Crippen LogP contribution is -2.07. The zero-order chi connectivity index (χ0) is 18.6. The van der Waals surface area contributed by atoms with E-state index in [1.165, 1.54) is 0 Å². The van der Waals surface area contributed by atoms with Crippen molar-refractivity contribution in [3.63, 3.8) is 0 Å². The number of fused-ring (bicyclic) bond motifs is 1. The average molecular weight is 376 g/mol. The molecule has 0 aliphatic carbocycles. The number of carbonyl (C=O) groups excluding carboxylic acids is 1. The first-order chi connectivity index (χ1) is 13.2. The van der Waals surface area contributed by atoms with E-state index in [0.717, 1.165) is 10.9 Å². The van der Waals surface area contributed by atoms with Crippen LogP contribution in [0, 0.1) is 0 Å². The highest BCUT2D eigenvalue weighted by Gasteiger charge is 2.16. The van der Waals surface area contributed by atoms with Crippen molar-refractivity contribution in [1.82, 2.24) is 4.57 Å². The van der Waals surface area contributed by atoms with Crippen LogP contribution in [-0.4, -0.2) is 17.0 Å². The Hall–Kier alpha value is -3.04. The number of aromatic nitrogens is 1. The van der Waals surface area contributed by atoms with E-state index in [9.17, 15) is 4.79 Å². The average Bonchev–Trinajstić information content (AvgIpc) is 3.08. The highest BCUT2D eigenvalue weighted by molar-refractivity contribution is 6.32. The maximum absolute atomic E-state index is 13.0. The number of benzene rings is 3. The third kappa shape index (κ3) is 3.60. The van der Waals surface area contributed by atoms with Gasteiger partial charge >= 0.3 is 0 Å². The van der Waals surface area contributed by atoms with Gasteiger partial charge in [0.1, 0.15) is 12.4 Å². The van der Waals surface area contributed by atoms with E-state index in [2.05, 4.69) is 4.57 Å². The Labute approximate surface area is 162 Å². The minimum absolute atomic E-state index is 0.0255. The second kappa shape index (κ2) is 7.68. The summed E-state index contributed by atoms with van der Waals surface area (Å²) in [4.78, 5) is 13.0. The number of hydrogen-bond acceptors (Lipinski definition) is 2. The minimum atomic E-state index is 0.0255. The molecular formula is C23H18ClNO2. The Morgan fingerprint density at radius 2 is 1.59 bits per heavy atom. The second-order valence-corrected chi connectivity index (χ2v) is 6.63. The van der Waals surface area contributed by atoms with Crippen LogP contribution in [0.4, 0.5) is 0 Å². The van der Waals surface area contributed by atoms with Crippen molar-refractivity contribution >= 4 is 28.3 Å². The number of hydrogen-bond donors (Lipinski definition) is 0. The molecule has 0 spiro atoms. The normalized spacial score (nSPS) is 10.9. The van der Waals surface area contributed by atoms with Crippen LogP contribution in [0.25, 0.3) is 10.9 Å². The van der Waals surface area contributed by atoms with E-state index in [4.69, 9.17) is 16.3 Å². The number of ether oxygens (including phenoxy) is 1. The molecule has 0 unspecified atom stereocenters. The summed E-state index contributed by atoms with van der Waals surface area (Å²) in [7, 11) is 0. The molecular weight excluding hydrogens is 358 g/mol. The number of nitrogens with zero attached hydrogens (tertiary/aromatic N) is 1. The molecule has 0 bridgehead atoms. The molecule has 0 amide bonds. The van der Waals surface area contributed by atoms with E-state index in [0.29, 0.717) is 35.1 Å². The van der Waals surface area contributed by atoms with Gasteiger partial charge in [-0.1, -0.05) is 72.3 Å². The lowest BCUT2D eigenvalue weighted by molar-refractivity contribution is 0.104. The third-order valence-electron chi connectivity index (χ3n) is 4.50. The third-order valence-corrected chi connectivity index (χ3v) is 4.81. The molecule has 0 atom stereocenters. The van der Waals surface area contributed by atoms with E-state index in [1.54, 1.807) is 6.07 Å². The monoisotopic (exact) mass is 375 g/mol. The van der Waals surface area contributed by atoms with Crippen LogP contribution in [0.2, 0.25) is 5.02 Å². The molecule has 3 nitrogen and oxygen atoms in total. The molecule has 27 heavy (non-hydrogen) atoms. The fraction of sp³-hybridized carbons (Fsp3) is 0.0870. The number of rotatable bonds is 6. The van der Waals surface area contributed by atoms with Crippen molar-refractivity contribution in [2.24, 2.45) is 0 Å². The molecule has 1 heterocycles. The van der Waals surface area contributed by atoms with E-state index >= 15 is 0 Å². The molecule has 4 heteroatoms. The summed E-state index contributed by atoms with van der Waals surface area (Å²) in [6.07, 6.45) is 1.91. The molecule has 1 aromatic heterocycles. The Morgan fingerprint density at radius 3 is 2.41 bits per heavy atom. The molecule has 4 rings (SSSR count). The Bertz CT molecular complexity index is 1090. The number of halogens is 1. The summed E-state index contributed by atoms with van der Waals surface area (Å²) in [6.45, 7) is 1.08. The van der Waals surface area contributed by atoms with Gasteiger partial charge in [-0.3, -0.25) is 4.79 Å². The SMILES string of the molecule is O=C(c1ccccc1)c1cn(CCOc2ccccc2Cl)c2ccccc12. The highest BCUT2D eigenvalue weighted by atomic mass is 35.5. The summed E-state index contributed by atoms with van der Waals surface area (Å²) in [5.41, 5.74) is 2.40. The van der Waals surface area contributed by atoms with Gasteiger partial charge in [0.25, 0.3) is 0 Å². The smallest absolute Gasteiger partial charge is 0.195 e. The molecule has 3 aromatic carbocycles. The topological polar surface area (TPSA) is 31.2 Å². The number of ketones is 1. The second-order valence-electron chi connectivity index (χ2n) is 6.23. The van der Waals surface area contributed by atoms with Crippen LogP contribution < -0.4 is 4.74 Å². The van der Waals surface area contributed by atoms with Gasteiger partial charge in [-0.25, -0.2) is 0 Å². The Morgan fingerprint density at radius 1 is 0.889 bits per heavy atom. The summed E-state index contributed by atoms with van der Waals surface area (Å²) < 4.78 is 7.86. The van der Waals surface area contributed by atoms with Crippen LogP contribution >= 0.6 is 11.6 Å². The van der Waals surface area contributed by atoms with E-state index in [1.807, 2.05) is 79.0 Å². The van der Waals surface area contributed by atoms with Gasteiger partial charge in [0, 0.05) is 28.2 Å². The first-order valence-electron chi connectivity index (χ1n) is 8.79. The fourth-order valence-electron chi connectivity index (χ4n) is 3.17. The van der Waals surface area contributed by atoms with Gasteiger partial charge in [-0.15, -0.1) is 0 Å². The van der Waals surface area contributed by atoms with Gasteiger partial charge in [0.05, 0.1) is 11.6 Å². The van der Waals surface area contributed by atoms with Crippen molar-refractivity contribution < 1.29 is 9.53 Å². The predicted octanol–water partition coefficient (Wildman–Crippen LogP) is 5.60. The summed E-state index contributed by atoms with van der Waals surface area (Å²) in [5.74, 6) is 0.689. The summed E-state index contributed by atoms with van der Waals surface area (Å²) in [6, 6.07) is 24.7. The van der Waals surface area contributed by atoms with Crippen molar-refractivity contribution in [1.29, 1.82) is 0 Å². The highest BCUT2D eigenvalue weighted by Crippen LogP contribution is 2.25. The van der Waals surface area contributed by atoms with Crippen molar-refractivity contribution in [2.45, 2.75) is 6.54 Å². The molecule has 0 saturated carbocycles. The Balaban J connectivity index is 1.60. The summed E-state index contributed by atoms with van der Waals surface area (Å²) >= 11 is 6.14. The van der Waals surface area contributed by atoms with Gasteiger partial charge in [-0.2, -0.15) is 0 Å². The standard InChI is InChI=1S/C23H18ClNO2/c24-20-11-5-7-13-22(20)27-15-14-25-16-19(18-10-4-6-12-21(18)25)23(26)17-8-2-1-3-9-17/h1-13,16H,14-15H2. The van der Waals surface area contributed by atoms with Crippen molar-refractivity contribution in [2.75, 3.05) is 6.61 Å². The molecule has 0 radical (unpaired) electrons. The molecule has 0 N–H and O–H groups in total. The maximum atomic E-state index is 13.0. The van der Waals surface area contributed by atoms with Gasteiger partial charge in [0.15, 0.2) is 5.78 Å². The van der Waals surface area contributed by atoms with Crippen molar-refractivity contribution in [3.8, 4) is 5.75 Å².